The van der Waals surface area contributed by atoms with Gasteiger partial charge in [0.05, 0.1) is 6.61 Å². The molecule has 0 fully saturated rings. The van der Waals surface area contributed by atoms with Crippen LogP contribution in [0.5, 0.6) is 5.88 Å². The Hall–Kier alpha value is -1.36. The van der Waals surface area contributed by atoms with Crippen molar-refractivity contribution >= 4 is 5.82 Å². The maximum absolute atomic E-state index is 5.76. The fourth-order valence-corrected chi connectivity index (χ4v) is 2.11. The van der Waals surface area contributed by atoms with Crippen LogP contribution in [0.25, 0.3) is 0 Å². The van der Waals surface area contributed by atoms with Crippen molar-refractivity contribution < 1.29 is 4.74 Å². The van der Waals surface area contributed by atoms with Crippen LogP contribution in [0.4, 0.5) is 5.82 Å². The number of hydrogen-bond acceptors (Lipinski definition) is 5. The Labute approximate surface area is 135 Å². The predicted molar refractivity (Wildman–Crippen MR) is 92.6 cm³/mol. The Morgan fingerprint density at radius 1 is 1.18 bits per heavy atom. The van der Waals surface area contributed by atoms with Crippen molar-refractivity contribution in [2.24, 2.45) is 5.92 Å². The number of nitrogens with one attached hydrogen (secondary N) is 1. The molecule has 1 N–H and O–H groups in total. The maximum atomic E-state index is 5.76. The fraction of sp³-hybridized carbons (Fsp3) is 0.765. The largest absolute Gasteiger partial charge is 0.477 e. The summed E-state index contributed by atoms with van der Waals surface area (Å²) in [5.74, 6) is 2.89. The van der Waals surface area contributed by atoms with Gasteiger partial charge in [-0.25, -0.2) is 4.98 Å². The summed E-state index contributed by atoms with van der Waals surface area (Å²) in [6.45, 7) is 15.5. The highest BCUT2D eigenvalue weighted by Gasteiger charge is 2.07. The van der Waals surface area contributed by atoms with E-state index in [1.54, 1.807) is 0 Å². The molecule has 0 aliphatic rings. The van der Waals surface area contributed by atoms with Crippen LogP contribution >= 0.6 is 0 Å². The molecule has 22 heavy (non-hydrogen) atoms. The van der Waals surface area contributed by atoms with Crippen molar-refractivity contribution in [2.45, 2.75) is 47.5 Å². The number of anilines is 1. The number of likely N-dealkylation sites (N-methyl/N-ethyl adjacent to an activating group) is 1. The van der Waals surface area contributed by atoms with Gasteiger partial charge in [-0.2, -0.15) is 4.98 Å². The van der Waals surface area contributed by atoms with Crippen LogP contribution < -0.4 is 10.1 Å². The molecular weight excluding hydrogens is 276 g/mol. The van der Waals surface area contributed by atoms with Crippen molar-refractivity contribution in [3.05, 3.63) is 11.9 Å². The second-order valence-corrected chi connectivity index (χ2v) is 5.92. The van der Waals surface area contributed by atoms with Gasteiger partial charge in [-0.15, -0.1) is 0 Å². The third kappa shape index (κ3) is 7.07. The average molecular weight is 308 g/mol. The molecule has 1 rings (SSSR count). The van der Waals surface area contributed by atoms with Crippen LogP contribution in [-0.4, -0.2) is 47.7 Å². The van der Waals surface area contributed by atoms with E-state index in [1.807, 2.05) is 6.07 Å². The average Bonchev–Trinajstić information content (AvgIpc) is 2.50. The molecule has 126 valence electrons. The Bertz CT molecular complexity index is 419. The van der Waals surface area contributed by atoms with Gasteiger partial charge in [0.1, 0.15) is 11.6 Å². The molecule has 5 heteroatoms. The molecule has 0 unspecified atom stereocenters. The molecule has 5 nitrogen and oxygen atoms in total. The van der Waals surface area contributed by atoms with Crippen molar-refractivity contribution in [3.63, 3.8) is 0 Å². The standard InChI is InChI=1S/C17H32N4O/c1-6-9-15-19-16(18-10-11-21(7-2)8-3)12-17(20-15)22-13-14(4)5/h12,14H,6-11,13H2,1-5H3,(H,18,19,20). The summed E-state index contributed by atoms with van der Waals surface area (Å²) in [5.41, 5.74) is 0. The molecule has 0 aromatic carbocycles. The Balaban J connectivity index is 2.66. The number of nitrogens with zero attached hydrogens (tertiary/aromatic N) is 3. The highest BCUT2D eigenvalue weighted by atomic mass is 16.5. The van der Waals surface area contributed by atoms with Crippen molar-refractivity contribution in [1.82, 2.24) is 14.9 Å². The molecule has 0 saturated carbocycles. The van der Waals surface area contributed by atoms with Crippen LogP contribution in [0, 0.1) is 5.92 Å². The van der Waals surface area contributed by atoms with Gasteiger partial charge >= 0.3 is 0 Å². The third-order valence-electron chi connectivity index (χ3n) is 3.42. The van der Waals surface area contributed by atoms with Crippen LogP contribution in [-0.2, 0) is 6.42 Å². The van der Waals surface area contributed by atoms with E-state index in [2.05, 4.69) is 54.8 Å². The van der Waals surface area contributed by atoms with E-state index in [0.717, 1.165) is 50.7 Å². The second kappa shape index (κ2) is 10.4. The van der Waals surface area contributed by atoms with E-state index in [-0.39, 0.29) is 0 Å². The first-order valence-corrected chi connectivity index (χ1v) is 8.55. The van der Waals surface area contributed by atoms with Crippen LogP contribution in [0.3, 0.4) is 0 Å². The summed E-state index contributed by atoms with van der Waals surface area (Å²) >= 11 is 0. The summed E-state index contributed by atoms with van der Waals surface area (Å²) in [4.78, 5) is 11.5. The van der Waals surface area contributed by atoms with E-state index < -0.39 is 0 Å². The van der Waals surface area contributed by atoms with Gasteiger partial charge in [0.15, 0.2) is 0 Å². The molecule has 0 saturated heterocycles. The molecule has 0 bridgehead atoms. The van der Waals surface area contributed by atoms with Gasteiger partial charge in [0.25, 0.3) is 0 Å². The predicted octanol–water partition coefficient (Wildman–Crippen LogP) is 3.22. The topological polar surface area (TPSA) is 50.3 Å². The Morgan fingerprint density at radius 2 is 1.91 bits per heavy atom. The SMILES string of the molecule is CCCc1nc(NCCN(CC)CC)cc(OCC(C)C)n1. The van der Waals surface area contributed by atoms with E-state index >= 15 is 0 Å². The molecule has 0 amide bonds. The minimum Gasteiger partial charge on any atom is -0.477 e. The highest BCUT2D eigenvalue weighted by molar-refractivity contribution is 5.38. The zero-order valence-corrected chi connectivity index (χ0v) is 14.9. The zero-order chi connectivity index (χ0) is 16.4. The second-order valence-electron chi connectivity index (χ2n) is 5.92. The maximum Gasteiger partial charge on any atom is 0.218 e. The smallest absolute Gasteiger partial charge is 0.218 e. The van der Waals surface area contributed by atoms with Crippen LogP contribution in [0.15, 0.2) is 6.07 Å². The van der Waals surface area contributed by atoms with Crippen LogP contribution in [0.2, 0.25) is 0 Å². The van der Waals surface area contributed by atoms with Gasteiger partial charge in [0.2, 0.25) is 5.88 Å². The minimum absolute atomic E-state index is 0.490. The fourth-order valence-electron chi connectivity index (χ4n) is 2.11. The molecule has 0 radical (unpaired) electrons. The normalized spacial score (nSPS) is 11.2. The van der Waals surface area contributed by atoms with Gasteiger partial charge in [-0.1, -0.05) is 34.6 Å². The van der Waals surface area contributed by atoms with Crippen LogP contribution in [0.1, 0.15) is 46.9 Å². The molecule has 1 aromatic rings. The summed E-state index contributed by atoms with van der Waals surface area (Å²) in [5, 5.41) is 3.40. The van der Waals surface area contributed by atoms with E-state index in [1.165, 1.54) is 0 Å². The first kappa shape index (κ1) is 18.7. The lowest BCUT2D eigenvalue weighted by Crippen LogP contribution is -2.28. The summed E-state index contributed by atoms with van der Waals surface area (Å²) in [6.07, 6.45) is 1.91. The molecule has 0 aliphatic heterocycles. The minimum atomic E-state index is 0.490. The first-order chi connectivity index (χ1) is 10.6. The van der Waals surface area contributed by atoms with E-state index in [4.69, 9.17) is 4.74 Å². The summed E-state index contributed by atoms with van der Waals surface area (Å²) in [7, 11) is 0. The van der Waals surface area contributed by atoms with E-state index in [9.17, 15) is 0 Å². The Kier molecular flexibility index (Phi) is 8.82. The molecule has 1 heterocycles. The number of aryl methyl sites for hydroxylation is 1. The summed E-state index contributed by atoms with van der Waals surface area (Å²) in [6, 6.07) is 1.91. The molecular formula is C17H32N4O. The van der Waals surface area contributed by atoms with Crippen molar-refractivity contribution in [3.8, 4) is 5.88 Å². The Morgan fingerprint density at radius 3 is 2.50 bits per heavy atom. The van der Waals surface area contributed by atoms with E-state index in [0.29, 0.717) is 18.4 Å². The number of rotatable bonds is 11. The molecule has 0 aliphatic carbocycles. The number of aromatic nitrogens is 2. The van der Waals surface area contributed by atoms with Gasteiger partial charge in [-0.05, 0) is 25.4 Å². The lowest BCUT2D eigenvalue weighted by Gasteiger charge is -2.18. The van der Waals surface area contributed by atoms with Gasteiger partial charge in [0, 0.05) is 25.6 Å². The molecule has 0 atom stereocenters. The zero-order valence-electron chi connectivity index (χ0n) is 14.9. The van der Waals surface area contributed by atoms with Crippen molar-refractivity contribution in [1.29, 1.82) is 0 Å². The summed E-state index contributed by atoms with van der Waals surface area (Å²) < 4.78 is 5.76. The lowest BCUT2D eigenvalue weighted by molar-refractivity contribution is 0.260. The van der Waals surface area contributed by atoms with Gasteiger partial charge < -0.3 is 15.0 Å². The molecule has 1 aromatic heterocycles. The lowest BCUT2D eigenvalue weighted by atomic mass is 10.2. The first-order valence-electron chi connectivity index (χ1n) is 8.55. The number of ether oxygens (including phenoxy) is 1. The monoisotopic (exact) mass is 308 g/mol. The quantitative estimate of drug-likeness (QED) is 0.680. The van der Waals surface area contributed by atoms with Gasteiger partial charge in [-0.3, -0.25) is 0 Å². The highest BCUT2D eigenvalue weighted by Crippen LogP contribution is 2.15. The molecule has 0 spiro atoms. The third-order valence-corrected chi connectivity index (χ3v) is 3.42. The van der Waals surface area contributed by atoms with Crippen molar-refractivity contribution in [2.75, 3.05) is 38.1 Å². The number of hydrogen-bond donors (Lipinski definition) is 1.